The van der Waals surface area contributed by atoms with Crippen molar-refractivity contribution in [2.75, 3.05) is 0 Å². The summed E-state index contributed by atoms with van der Waals surface area (Å²) in [5, 5.41) is 9.54. The molecule has 0 saturated carbocycles. The van der Waals surface area contributed by atoms with Gasteiger partial charge in [-0.1, -0.05) is 26.0 Å². The van der Waals surface area contributed by atoms with Crippen molar-refractivity contribution in [3.8, 4) is 0 Å². The fourth-order valence-electron chi connectivity index (χ4n) is 2.41. The molecule has 4 nitrogen and oxygen atoms in total. The highest BCUT2D eigenvalue weighted by Crippen LogP contribution is 2.25. The van der Waals surface area contributed by atoms with Gasteiger partial charge >= 0.3 is 5.97 Å². The average molecular weight is 281 g/mol. The Bertz CT molecular complexity index is 389. The first kappa shape index (κ1) is 16.9. The van der Waals surface area contributed by atoms with Gasteiger partial charge in [-0.2, -0.15) is 0 Å². The highest BCUT2D eigenvalue weighted by molar-refractivity contribution is 6.04. The van der Waals surface area contributed by atoms with E-state index < -0.39 is 18.0 Å². The van der Waals surface area contributed by atoms with E-state index in [4.69, 9.17) is 4.74 Å². The maximum Gasteiger partial charge on any atom is 0.315 e. The molecule has 0 radical (unpaired) electrons. The number of carbonyl (C=O) groups is 1. The minimum absolute atomic E-state index is 0.0977. The van der Waals surface area contributed by atoms with Crippen molar-refractivity contribution in [1.82, 2.24) is 0 Å². The molecule has 0 aromatic heterocycles. The molecule has 1 rings (SSSR count). The van der Waals surface area contributed by atoms with E-state index in [1.807, 2.05) is 32.9 Å². The van der Waals surface area contributed by atoms with Crippen LogP contribution in [0.25, 0.3) is 0 Å². The normalized spacial score (nSPS) is 25.4. The van der Waals surface area contributed by atoms with E-state index in [9.17, 15) is 9.90 Å². The lowest BCUT2D eigenvalue weighted by atomic mass is 9.88. The van der Waals surface area contributed by atoms with Crippen LogP contribution in [0.4, 0.5) is 0 Å². The lowest BCUT2D eigenvalue weighted by Crippen LogP contribution is -2.40. The lowest BCUT2D eigenvalue weighted by Gasteiger charge is -2.30. The van der Waals surface area contributed by atoms with Crippen LogP contribution in [0.5, 0.6) is 0 Å². The monoisotopic (exact) mass is 281 g/mol. The van der Waals surface area contributed by atoms with Gasteiger partial charge < -0.3 is 9.84 Å². The molecule has 20 heavy (non-hydrogen) atoms. The highest BCUT2D eigenvalue weighted by Gasteiger charge is 2.35. The van der Waals surface area contributed by atoms with Crippen LogP contribution < -0.4 is 0 Å². The molecule has 0 spiro atoms. The van der Waals surface area contributed by atoms with Crippen molar-refractivity contribution in [1.29, 1.82) is 0 Å². The van der Waals surface area contributed by atoms with Gasteiger partial charge in [0.05, 0.1) is 17.7 Å². The third-order valence-electron chi connectivity index (χ3n) is 3.35. The summed E-state index contributed by atoms with van der Waals surface area (Å²) in [6, 6.07) is 0. The molecular weight excluding hydrogens is 254 g/mol. The summed E-state index contributed by atoms with van der Waals surface area (Å²) < 4.78 is 5.96. The van der Waals surface area contributed by atoms with E-state index >= 15 is 0 Å². The average Bonchev–Trinajstić information content (AvgIpc) is 2.33. The minimum Gasteiger partial charge on any atom is -0.481 e. The number of nitrogens with zero attached hydrogens (tertiary/aromatic N) is 1. The summed E-state index contributed by atoms with van der Waals surface area (Å²) >= 11 is 0. The zero-order valence-electron chi connectivity index (χ0n) is 13.2. The number of rotatable bonds is 5. The molecular formula is C16H27NO3. The van der Waals surface area contributed by atoms with Crippen LogP contribution in [0.3, 0.4) is 0 Å². The summed E-state index contributed by atoms with van der Waals surface area (Å²) in [5.74, 6) is -1.52. The molecule has 0 unspecified atom stereocenters. The number of hydrogen-bond acceptors (Lipinski definition) is 3. The number of carboxylic acid groups (broad SMARTS) is 1. The predicted molar refractivity (Wildman–Crippen MR) is 81.3 cm³/mol. The molecule has 0 bridgehead atoms. The van der Waals surface area contributed by atoms with Gasteiger partial charge in [-0.25, -0.2) is 0 Å². The third kappa shape index (κ3) is 4.75. The largest absolute Gasteiger partial charge is 0.481 e. The van der Waals surface area contributed by atoms with Crippen LogP contribution in [0.2, 0.25) is 0 Å². The van der Waals surface area contributed by atoms with Crippen LogP contribution >= 0.6 is 0 Å². The summed E-state index contributed by atoms with van der Waals surface area (Å²) in [6.45, 7) is 10.1. The van der Waals surface area contributed by atoms with Crippen molar-refractivity contribution in [3.63, 3.8) is 0 Å². The van der Waals surface area contributed by atoms with Crippen LogP contribution in [-0.2, 0) is 9.53 Å². The van der Waals surface area contributed by atoms with Crippen LogP contribution in [0.15, 0.2) is 17.1 Å². The Kier molecular flexibility index (Phi) is 5.93. The van der Waals surface area contributed by atoms with Crippen molar-refractivity contribution >= 4 is 11.7 Å². The molecule has 0 aliphatic heterocycles. The molecule has 1 aliphatic rings. The first-order chi connectivity index (χ1) is 9.28. The van der Waals surface area contributed by atoms with Gasteiger partial charge in [-0.15, -0.1) is 0 Å². The van der Waals surface area contributed by atoms with Gasteiger partial charge in [-0.05, 0) is 33.6 Å². The second kappa shape index (κ2) is 7.02. The fraction of sp³-hybridized carbons (Fsp3) is 0.750. The van der Waals surface area contributed by atoms with E-state index in [1.165, 1.54) is 0 Å². The number of aliphatic imine (C=N–C) groups is 1. The number of hydrogen-bond donors (Lipinski definition) is 1. The van der Waals surface area contributed by atoms with Gasteiger partial charge in [0.2, 0.25) is 0 Å². The molecule has 0 heterocycles. The lowest BCUT2D eigenvalue weighted by molar-refractivity contribution is -0.144. The van der Waals surface area contributed by atoms with Crippen molar-refractivity contribution in [3.05, 3.63) is 12.2 Å². The molecule has 2 atom stereocenters. The van der Waals surface area contributed by atoms with Crippen molar-refractivity contribution < 1.29 is 14.6 Å². The number of aliphatic carboxylic acids is 1. The second-order valence-electron chi connectivity index (χ2n) is 6.26. The Hall–Kier alpha value is -1.16. The van der Waals surface area contributed by atoms with Crippen molar-refractivity contribution in [2.24, 2.45) is 10.9 Å². The smallest absolute Gasteiger partial charge is 0.315 e. The van der Waals surface area contributed by atoms with E-state index in [1.54, 1.807) is 0 Å². The number of allylic oxidation sites excluding steroid dienone is 1. The van der Waals surface area contributed by atoms with Gasteiger partial charge in [0, 0.05) is 12.1 Å². The Morgan fingerprint density at radius 3 is 2.50 bits per heavy atom. The Labute approximate surface area is 121 Å². The topological polar surface area (TPSA) is 58.9 Å². The summed E-state index contributed by atoms with van der Waals surface area (Å²) in [4.78, 5) is 16.2. The molecule has 0 aromatic carbocycles. The summed E-state index contributed by atoms with van der Waals surface area (Å²) in [5.41, 5.74) is 0.441. The van der Waals surface area contributed by atoms with Crippen LogP contribution in [-0.4, -0.2) is 34.5 Å². The highest BCUT2D eigenvalue weighted by atomic mass is 16.5. The number of ether oxygens (including phenoxy) is 1. The van der Waals surface area contributed by atoms with E-state index in [-0.39, 0.29) is 11.6 Å². The SMILES string of the molecule is CCC(CC)O[C@@H]1C=CCC(=NC(C)(C)C)[C@@H]1C(=O)O. The summed E-state index contributed by atoms with van der Waals surface area (Å²) in [6.07, 6.45) is 5.90. The van der Waals surface area contributed by atoms with E-state index in [0.29, 0.717) is 12.1 Å². The van der Waals surface area contributed by atoms with Gasteiger partial charge in [0.25, 0.3) is 0 Å². The predicted octanol–water partition coefficient (Wildman–Crippen LogP) is 3.46. The molecule has 0 amide bonds. The standard InChI is InChI=1S/C16H27NO3/c1-6-11(7-2)20-13-10-8-9-12(14(13)15(18)19)17-16(3,4)5/h8,10-11,13-14H,6-7,9H2,1-5H3,(H,18,19)/t13-,14+/m1/s1. The zero-order valence-corrected chi connectivity index (χ0v) is 13.2. The quantitative estimate of drug-likeness (QED) is 0.785. The van der Waals surface area contributed by atoms with E-state index in [0.717, 1.165) is 12.8 Å². The fourth-order valence-corrected chi connectivity index (χ4v) is 2.41. The Balaban J connectivity index is 3.00. The zero-order chi connectivity index (χ0) is 15.3. The van der Waals surface area contributed by atoms with Gasteiger partial charge in [0.15, 0.2) is 0 Å². The van der Waals surface area contributed by atoms with Crippen molar-refractivity contribution in [2.45, 2.75) is 71.6 Å². The number of carboxylic acids is 1. The minimum atomic E-state index is -0.853. The molecule has 0 aromatic rings. The molecule has 0 fully saturated rings. The van der Waals surface area contributed by atoms with Gasteiger partial charge in [-0.3, -0.25) is 9.79 Å². The van der Waals surface area contributed by atoms with Crippen LogP contribution in [0, 0.1) is 5.92 Å². The molecule has 1 N–H and O–H groups in total. The molecule has 0 saturated heterocycles. The Morgan fingerprint density at radius 1 is 1.45 bits per heavy atom. The first-order valence-corrected chi connectivity index (χ1v) is 7.42. The molecule has 4 heteroatoms. The second-order valence-corrected chi connectivity index (χ2v) is 6.26. The van der Waals surface area contributed by atoms with Gasteiger partial charge in [0.1, 0.15) is 5.92 Å². The maximum absolute atomic E-state index is 11.6. The van der Waals surface area contributed by atoms with E-state index in [2.05, 4.69) is 18.8 Å². The third-order valence-corrected chi connectivity index (χ3v) is 3.35. The van der Waals surface area contributed by atoms with Crippen LogP contribution in [0.1, 0.15) is 53.9 Å². The summed E-state index contributed by atoms with van der Waals surface area (Å²) in [7, 11) is 0. The Morgan fingerprint density at radius 2 is 2.05 bits per heavy atom. The molecule has 1 aliphatic carbocycles. The maximum atomic E-state index is 11.6. The first-order valence-electron chi connectivity index (χ1n) is 7.42. The molecule has 114 valence electrons.